The first-order valence-corrected chi connectivity index (χ1v) is 4.85. The second kappa shape index (κ2) is 5.16. The molecule has 86 valence electrons. The number of nitrogens with one attached hydrogen (secondary N) is 2. The Balaban J connectivity index is 2.64. The molecular weight excluding hydrogens is 206 g/mol. The summed E-state index contributed by atoms with van der Waals surface area (Å²) in [6.45, 7) is 1.45. The van der Waals surface area contributed by atoms with Gasteiger partial charge in [0.05, 0.1) is 0 Å². The van der Waals surface area contributed by atoms with Gasteiger partial charge in [0.1, 0.15) is 0 Å². The molecule has 0 spiro atoms. The van der Waals surface area contributed by atoms with Gasteiger partial charge < -0.3 is 15.5 Å². The van der Waals surface area contributed by atoms with Crippen molar-refractivity contribution in [1.29, 1.82) is 0 Å². The van der Waals surface area contributed by atoms with E-state index in [1.807, 2.05) is 0 Å². The van der Waals surface area contributed by atoms with E-state index >= 15 is 0 Å². The van der Waals surface area contributed by atoms with Crippen LogP contribution in [0.25, 0.3) is 0 Å². The maximum absolute atomic E-state index is 11.3. The predicted molar refractivity (Wildman–Crippen MR) is 63.5 cm³/mol. The summed E-state index contributed by atoms with van der Waals surface area (Å²) in [5, 5.41) is 5.34. The summed E-state index contributed by atoms with van der Waals surface area (Å²) in [4.78, 5) is 23.5. The Morgan fingerprint density at radius 1 is 1.00 bits per heavy atom. The van der Waals surface area contributed by atoms with Crippen LogP contribution in [0.2, 0.25) is 0 Å². The second-order valence-electron chi connectivity index (χ2n) is 3.58. The fourth-order valence-electron chi connectivity index (χ4n) is 1.08. The summed E-state index contributed by atoms with van der Waals surface area (Å²) in [5.41, 5.74) is 1.39. The summed E-state index contributed by atoms with van der Waals surface area (Å²) in [6, 6.07) is 6.73. The Bertz CT molecular complexity index is 385. The van der Waals surface area contributed by atoms with Crippen LogP contribution in [0.5, 0.6) is 0 Å². The van der Waals surface area contributed by atoms with Crippen LogP contribution in [0.1, 0.15) is 6.92 Å². The Morgan fingerprint density at radius 2 is 1.44 bits per heavy atom. The lowest BCUT2D eigenvalue weighted by Crippen LogP contribution is -2.27. The van der Waals surface area contributed by atoms with Crippen LogP contribution in [-0.4, -0.2) is 30.9 Å². The molecule has 0 unspecified atom stereocenters. The van der Waals surface area contributed by atoms with Gasteiger partial charge >= 0.3 is 6.03 Å². The molecular formula is C11H15N3O2. The molecule has 3 amide bonds. The molecule has 0 saturated carbocycles. The lowest BCUT2D eigenvalue weighted by Gasteiger charge is -2.12. The predicted octanol–water partition coefficient (Wildman–Crippen LogP) is 1.74. The summed E-state index contributed by atoms with van der Waals surface area (Å²) in [6.07, 6.45) is 0. The molecule has 16 heavy (non-hydrogen) atoms. The third-order valence-electron chi connectivity index (χ3n) is 1.86. The van der Waals surface area contributed by atoms with Crippen LogP contribution in [0.4, 0.5) is 16.2 Å². The Morgan fingerprint density at radius 3 is 1.81 bits per heavy atom. The van der Waals surface area contributed by atoms with Crippen LogP contribution < -0.4 is 10.6 Å². The molecule has 1 aromatic rings. The van der Waals surface area contributed by atoms with Crippen LogP contribution >= 0.6 is 0 Å². The first kappa shape index (κ1) is 12.0. The highest BCUT2D eigenvalue weighted by Crippen LogP contribution is 2.13. The molecule has 0 bridgehead atoms. The molecule has 1 aromatic carbocycles. The number of carbonyl (C=O) groups is 2. The summed E-state index contributed by atoms with van der Waals surface area (Å²) >= 11 is 0. The molecule has 0 aliphatic heterocycles. The van der Waals surface area contributed by atoms with E-state index < -0.39 is 0 Å². The highest BCUT2D eigenvalue weighted by Gasteiger charge is 2.03. The van der Waals surface area contributed by atoms with Crippen LogP contribution in [-0.2, 0) is 4.79 Å². The van der Waals surface area contributed by atoms with E-state index in [-0.39, 0.29) is 11.9 Å². The molecule has 0 aromatic heterocycles. The summed E-state index contributed by atoms with van der Waals surface area (Å²) in [7, 11) is 3.34. The van der Waals surface area contributed by atoms with Crippen LogP contribution in [0.15, 0.2) is 24.3 Å². The van der Waals surface area contributed by atoms with Gasteiger partial charge in [-0.25, -0.2) is 4.79 Å². The number of anilines is 2. The van der Waals surface area contributed by atoms with Crippen molar-refractivity contribution in [3.8, 4) is 0 Å². The molecule has 0 fully saturated rings. The smallest absolute Gasteiger partial charge is 0.321 e. The fourth-order valence-corrected chi connectivity index (χ4v) is 1.08. The van der Waals surface area contributed by atoms with Gasteiger partial charge in [0, 0.05) is 32.4 Å². The minimum atomic E-state index is -0.188. The molecule has 0 radical (unpaired) electrons. The zero-order chi connectivity index (χ0) is 12.1. The minimum Gasteiger partial charge on any atom is -0.331 e. The van der Waals surface area contributed by atoms with Gasteiger partial charge in [-0.15, -0.1) is 0 Å². The summed E-state index contributed by atoms with van der Waals surface area (Å²) < 4.78 is 0. The lowest BCUT2D eigenvalue weighted by atomic mass is 10.3. The first-order chi connectivity index (χ1) is 7.49. The van der Waals surface area contributed by atoms with Gasteiger partial charge in [0.15, 0.2) is 0 Å². The first-order valence-electron chi connectivity index (χ1n) is 4.85. The third-order valence-corrected chi connectivity index (χ3v) is 1.86. The van der Waals surface area contributed by atoms with Crippen molar-refractivity contribution in [3.63, 3.8) is 0 Å². The zero-order valence-corrected chi connectivity index (χ0v) is 9.57. The van der Waals surface area contributed by atoms with E-state index in [1.165, 1.54) is 11.8 Å². The van der Waals surface area contributed by atoms with Crippen molar-refractivity contribution in [2.45, 2.75) is 6.92 Å². The number of amides is 3. The Hall–Kier alpha value is -2.04. The number of benzene rings is 1. The van der Waals surface area contributed by atoms with E-state index in [0.717, 1.165) is 0 Å². The molecule has 1 rings (SSSR count). The maximum atomic E-state index is 11.3. The number of hydrogen-bond acceptors (Lipinski definition) is 2. The number of hydrogen-bond donors (Lipinski definition) is 2. The standard InChI is InChI=1S/C11H15N3O2/c1-8(15)12-9-4-6-10(7-5-9)13-11(16)14(2)3/h4-7H,1-3H3,(H,12,15)(H,13,16). The van der Waals surface area contributed by atoms with E-state index in [1.54, 1.807) is 38.4 Å². The van der Waals surface area contributed by atoms with Crippen molar-refractivity contribution in [2.24, 2.45) is 0 Å². The maximum Gasteiger partial charge on any atom is 0.321 e. The van der Waals surface area contributed by atoms with Crippen LogP contribution in [0, 0.1) is 0 Å². The largest absolute Gasteiger partial charge is 0.331 e. The zero-order valence-electron chi connectivity index (χ0n) is 9.57. The Kier molecular flexibility index (Phi) is 3.88. The van der Waals surface area contributed by atoms with Crippen molar-refractivity contribution in [2.75, 3.05) is 24.7 Å². The highest BCUT2D eigenvalue weighted by molar-refractivity contribution is 5.91. The fraction of sp³-hybridized carbons (Fsp3) is 0.273. The van der Waals surface area contributed by atoms with Gasteiger partial charge in [-0.2, -0.15) is 0 Å². The summed E-state index contributed by atoms with van der Waals surface area (Å²) in [5.74, 6) is -0.120. The van der Waals surface area contributed by atoms with Gasteiger partial charge in [0.2, 0.25) is 5.91 Å². The van der Waals surface area contributed by atoms with Gasteiger partial charge in [0.25, 0.3) is 0 Å². The number of rotatable bonds is 2. The molecule has 0 aliphatic rings. The molecule has 0 aliphatic carbocycles. The number of carbonyl (C=O) groups excluding carboxylic acids is 2. The van der Waals surface area contributed by atoms with Crippen molar-refractivity contribution < 1.29 is 9.59 Å². The third kappa shape index (κ3) is 3.61. The van der Waals surface area contributed by atoms with Crippen molar-refractivity contribution in [1.82, 2.24) is 4.90 Å². The SMILES string of the molecule is CC(=O)Nc1ccc(NC(=O)N(C)C)cc1. The average Bonchev–Trinajstić information content (AvgIpc) is 2.20. The van der Waals surface area contributed by atoms with E-state index in [2.05, 4.69) is 10.6 Å². The van der Waals surface area contributed by atoms with Gasteiger partial charge in [-0.05, 0) is 24.3 Å². The average molecular weight is 221 g/mol. The van der Waals surface area contributed by atoms with Gasteiger partial charge in [-0.1, -0.05) is 0 Å². The highest BCUT2D eigenvalue weighted by atomic mass is 16.2. The topological polar surface area (TPSA) is 61.4 Å². The van der Waals surface area contributed by atoms with Crippen molar-refractivity contribution in [3.05, 3.63) is 24.3 Å². The van der Waals surface area contributed by atoms with Crippen LogP contribution in [0.3, 0.4) is 0 Å². The second-order valence-corrected chi connectivity index (χ2v) is 3.58. The molecule has 5 nitrogen and oxygen atoms in total. The monoisotopic (exact) mass is 221 g/mol. The Labute approximate surface area is 94.4 Å². The molecule has 2 N–H and O–H groups in total. The van der Waals surface area contributed by atoms with Crippen molar-refractivity contribution >= 4 is 23.3 Å². The van der Waals surface area contributed by atoms with E-state index in [9.17, 15) is 9.59 Å². The molecule has 0 heterocycles. The molecule has 0 saturated heterocycles. The quantitative estimate of drug-likeness (QED) is 0.799. The molecule has 5 heteroatoms. The number of urea groups is 1. The normalized spacial score (nSPS) is 9.44. The van der Waals surface area contributed by atoms with E-state index in [4.69, 9.17) is 0 Å². The lowest BCUT2D eigenvalue weighted by molar-refractivity contribution is -0.114. The minimum absolute atomic E-state index is 0.120. The van der Waals surface area contributed by atoms with Gasteiger partial charge in [-0.3, -0.25) is 4.79 Å². The number of nitrogens with zero attached hydrogens (tertiary/aromatic N) is 1. The van der Waals surface area contributed by atoms with E-state index in [0.29, 0.717) is 11.4 Å². The molecule has 0 atom stereocenters.